The Kier molecular flexibility index (Phi) is 4.87. The first kappa shape index (κ1) is 16.5. The highest BCUT2D eigenvalue weighted by Gasteiger charge is 2.27. The van der Waals surface area contributed by atoms with Crippen LogP contribution in [-0.2, 0) is 0 Å². The first-order chi connectivity index (χ1) is 10.3. The van der Waals surface area contributed by atoms with Gasteiger partial charge in [0.15, 0.2) is 5.78 Å². The maximum absolute atomic E-state index is 11.8. The van der Waals surface area contributed by atoms with Crippen LogP contribution in [0.25, 0.3) is 0 Å². The summed E-state index contributed by atoms with van der Waals surface area (Å²) in [7, 11) is 0. The third-order valence-electron chi connectivity index (χ3n) is 4.33. The van der Waals surface area contributed by atoms with Gasteiger partial charge in [-0.2, -0.15) is 5.26 Å². The minimum Gasteiger partial charge on any atom is -0.382 e. The number of benzene rings is 1. The van der Waals surface area contributed by atoms with E-state index in [1.165, 1.54) is 0 Å². The van der Waals surface area contributed by atoms with E-state index < -0.39 is 0 Å². The van der Waals surface area contributed by atoms with Crippen LogP contribution in [0.4, 0.5) is 5.69 Å². The molecular formula is C18H25N3O. The highest BCUT2D eigenvalue weighted by molar-refractivity contribution is 5.99. The molecule has 1 aliphatic rings. The maximum atomic E-state index is 11.8. The Morgan fingerprint density at radius 2 is 1.95 bits per heavy atom. The zero-order valence-corrected chi connectivity index (χ0v) is 13.9. The van der Waals surface area contributed by atoms with Gasteiger partial charge in [0.05, 0.1) is 11.6 Å². The molecule has 1 N–H and O–H groups in total. The van der Waals surface area contributed by atoms with Crippen LogP contribution < -0.4 is 5.32 Å². The Bertz CT molecular complexity index is 587. The number of carbonyl (C=O) groups is 1. The van der Waals surface area contributed by atoms with Gasteiger partial charge < -0.3 is 5.32 Å². The third kappa shape index (κ3) is 3.86. The van der Waals surface area contributed by atoms with Crippen molar-refractivity contribution < 1.29 is 4.79 Å². The Labute approximate surface area is 133 Å². The Balaban J connectivity index is 2.09. The van der Waals surface area contributed by atoms with E-state index in [0.717, 1.165) is 31.6 Å². The summed E-state index contributed by atoms with van der Waals surface area (Å²) < 4.78 is 0. The van der Waals surface area contributed by atoms with E-state index in [1.54, 1.807) is 25.1 Å². The number of hydrogen-bond acceptors (Lipinski definition) is 4. The van der Waals surface area contributed by atoms with Crippen molar-refractivity contribution in [2.24, 2.45) is 0 Å². The normalized spacial score (nSPS) is 17.0. The van der Waals surface area contributed by atoms with Crippen molar-refractivity contribution in [2.45, 2.75) is 52.1 Å². The van der Waals surface area contributed by atoms with Gasteiger partial charge >= 0.3 is 0 Å². The van der Waals surface area contributed by atoms with Crippen LogP contribution in [0, 0.1) is 11.3 Å². The van der Waals surface area contributed by atoms with Crippen molar-refractivity contribution in [3.63, 3.8) is 0 Å². The Morgan fingerprint density at radius 1 is 1.32 bits per heavy atom. The van der Waals surface area contributed by atoms with Gasteiger partial charge in [-0.3, -0.25) is 9.69 Å². The molecule has 1 aromatic carbocycles. The number of piperidine rings is 1. The third-order valence-corrected chi connectivity index (χ3v) is 4.33. The molecule has 22 heavy (non-hydrogen) atoms. The van der Waals surface area contributed by atoms with Gasteiger partial charge in [0.1, 0.15) is 0 Å². The first-order valence-electron chi connectivity index (χ1n) is 7.88. The van der Waals surface area contributed by atoms with Crippen LogP contribution in [0.2, 0.25) is 0 Å². The number of ketones is 1. The van der Waals surface area contributed by atoms with Crippen LogP contribution in [0.5, 0.6) is 0 Å². The molecule has 1 aliphatic heterocycles. The van der Waals surface area contributed by atoms with E-state index in [2.05, 4.69) is 37.1 Å². The number of rotatable bonds is 3. The predicted molar refractivity (Wildman–Crippen MR) is 89.1 cm³/mol. The summed E-state index contributed by atoms with van der Waals surface area (Å²) in [4.78, 5) is 14.2. The van der Waals surface area contributed by atoms with Crippen molar-refractivity contribution >= 4 is 11.5 Å². The molecule has 0 atom stereocenters. The van der Waals surface area contributed by atoms with Gasteiger partial charge in [-0.1, -0.05) is 0 Å². The van der Waals surface area contributed by atoms with Crippen molar-refractivity contribution in [2.75, 3.05) is 18.4 Å². The lowest BCUT2D eigenvalue weighted by Gasteiger charge is -2.41. The number of likely N-dealkylation sites (tertiary alicyclic amines) is 1. The van der Waals surface area contributed by atoms with E-state index in [0.29, 0.717) is 17.2 Å². The van der Waals surface area contributed by atoms with Gasteiger partial charge in [0.25, 0.3) is 0 Å². The lowest BCUT2D eigenvalue weighted by molar-refractivity contribution is 0.101. The summed E-state index contributed by atoms with van der Waals surface area (Å²) in [6.45, 7) is 10.4. The van der Waals surface area contributed by atoms with E-state index in [1.807, 2.05) is 0 Å². The summed E-state index contributed by atoms with van der Waals surface area (Å²) in [5, 5.41) is 12.5. The zero-order valence-electron chi connectivity index (χ0n) is 13.9. The van der Waals surface area contributed by atoms with Crippen LogP contribution >= 0.6 is 0 Å². The first-order valence-corrected chi connectivity index (χ1v) is 7.88. The summed E-state index contributed by atoms with van der Waals surface area (Å²) in [6, 6.07) is 7.72. The van der Waals surface area contributed by atoms with Gasteiger partial charge in [-0.25, -0.2) is 0 Å². The SMILES string of the molecule is CC(=O)c1ccc(C#N)cc1NC1CCN(C(C)(C)C)CC1. The smallest absolute Gasteiger partial charge is 0.161 e. The minimum atomic E-state index is 0.0270. The van der Waals surface area contributed by atoms with Crippen LogP contribution in [0.1, 0.15) is 56.5 Å². The number of carbonyl (C=O) groups excluding carboxylic acids is 1. The van der Waals surface area contributed by atoms with Crippen molar-refractivity contribution in [3.05, 3.63) is 29.3 Å². The second-order valence-electron chi connectivity index (χ2n) is 7.00. The number of nitrogens with one attached hydrogen (secondary N) is 1. The fourth-order valence-corrected chi connectivity index (χ4v) is 2.95. The lowest BCUT2D eigenvalue weighted by atomic mass is 9.97. The van der Waals surface area contributed by atoms with Crippen LogP contribution in [0.3, 0.4) is 0 Å². The van der Waals surface area contributed by atoms with E-state index in [9.17, 15) is 4.79 Å². The van der Waals surface area contributed by atoms with Crippen LogP contribution in [0.15, 0.2) is 18.2 Å². The van der Waals surface area contributed by atoms with Gasteiger partial charge in [-0.15, -0.1) is 0 Å². The molecule has 4 nitrogen and oxygen atoms in total. The second-order valence-corrected chi connectivity index (χ2v) is 7.00. The fraction of sp³-hybridized carbons (Fsp3) is 0.556. The predicted octanol–water partition coefficient (Wildman–Crippen LogP) is 3.44. The summed E-state index contributed by atoms with van der Waals surface area (Å²) in [5.41, 5.74) is 2.24. The zero-order chi connectivity index (χ0) is 16.3. The van der Waals surface area contributed by atoms with E-state index in [4.69, 9.17) is 5.26 Å². The number of Topliss-reactive ketones (excluding diaryl/α,β-unsaturated/α-hetero) is 1. The molecule has 0 aliphatic carbocycles. The van der Waals surface area contributed by atoms with E-state index >= 15 is 0 Å². The standard InChI is InChI=1S/C18H25N3O/c1-13(22)16-6-5-14(12-19)11-17(16)20-15-7-9-21(10-8-15)18(2,3)4/h5-6,11,15,20H,7-10H2,1-4H3. The van der Waals surface area contributed by atoms with Crippen molar-refractivity contribution in [3.8, 4) is 6.07 Å². The molecule has 118 valence electrons. The Morgan fingerprint density at radius 3 is 2.45 bits per heavy atom. The Hall–Kier alpha value is -1.86. The highest BCUT2D eigenvalue weighted by atomic mass is 16.1. The van der Waals surface area contributed by atoms with Crippen molar-refractivity contribution in [1.29, 1.82) is 5.26 Å². The highest BCUT2D eigenvalue weighted by Crippen LogP contribution is 2.25. The largest absolute Gasteiger partial charge is 0.382 e. The molecule has 1 aromatic rings. The quantitative estimate of drug-likeness (QED) is 0.869. The van der Waals surface area contributed by atoms with Gasteiger partial charge in [0.2, 0.25) is 0 Å². The number of anilines is 1. The molecule has 0 saturated carbocycles. The molecule has 0 spiro atoms. The number of nitriles is 1. The second kappa shape index (κ2) is 6.50. The number of nitrogens with zero attached hydrogens (tertiary/aromatic N) is 2. The summed E-state index contributed by atoms with van der Waals surface area (Å²) >= 11 is 0. The van der Waals surface area contributed by atoms with Gasteiger partial charge in [0, 0.05) is 35.9 Å². The molecule has 0 bridgehead atoms. The summed E-state index contributed by atoms with van der Waals surface area (Å²) in [5.74, 6) is 0.0270. The molecule has 1 fully saturated rings. The molecule has 1 saturated heterocycles. The maximum Gasteiger partial charge on any atom is 0.161 e. The van der Waals surface area contributed by atoms with Crippen LogP contribution in [-0.4, -0.2) is 35.4 Å². The fourth-order valence-electron chi connectivity index (χ4n) is 2.95. The average molecular weight is 299 g/mol. The number of hydrogen-bond donors (Lipinski definition) is 1. The molecule has 0 amide bonds. The molecule has 0 unspecified atom stereocenters. The summed E-state index contributed by atoms with van der Waals surface area (Å²) in [6.07, 6.45) is 2.09. The minimum absolute atomic E-state index is 0.0270. The van der Waals surface area contributed by atoms with E-state index in [-0.39, 0.29) is 11.3 Å². The average Bonchev–Trinajstić information content (AvgIpc) is 2.46. The molecule has 2 rings (SSSR count). The monoisotopic (exact) mass is 299 g/mol. The van der Waals surface area contributed by atoms with Gasteiger partial charge in [-0.05, 0) is 58.7 Å². The lowest BCUT2D eigenvalue weighted by Crippen LogP contribution is -2.48. The molecule has 1 heterocycles. The molecule has 0 aromatic heterocycles. The topological polar surface area (TPSA) is 56.1 Å². The molecule has 4 heteroatoms. The molecule has 0 radical (unpaired) electrons. The van der Waals surface area contributed by atoms with Crippen molar-refractivity contribution in [1.82, 2.24) is 4.90 Å². The molecular weight excluding hydrogens is 274 g/mol.